The highest BCUT2D eigenvalue weighted by atomic mass is 32.2. The summed E-state index contributed by atoms with van der Waals surface area (Å²) < 4.78 is 34.2. The number of ether oxygens (including phenoxy) is 1. The molecular formula is C21H17N3O5S2. The van der Waals surface area contributed by atoms with E-state index in [2.05, 4.69) is 9.82 Å². The number of thiophene rings is 1. The van der Waals surface area contributed by atoms with E-state index in [9.17, 15) is 18.0 Å². The molecule has 2 aromatic heterocycles. The Morgan fingerprint density at radius 1 is 1.10 bits per heavy atom. The molecule has 4 aromatic rings. The minimum Gasteiger partial charge on any atom is -0.461 e. The normalized spacial score (nSPS) is 11.4. The minimum absolute atomic E-state index is 0.0679. The zero-order valence-corrected chi connectivity index (χ0v) is 17.9. The van der Waals surface area contributed by atoms with Gasteiger partial charge in [0.2, 0.25) is 0 Å². The van der Waals surface area contributed by atoms with Gasteiger partial charge in [0.1, 0.15) is 9.70 Å². The zero-order chi connectivity index (χ0) is 22.0. The van der Waals surface area contributed by atoms with Crippen molar-refractivity contribution in [2.45, 2.75) is 11.8 Å². The maximum Gasteiger partial charge on any atom is 0.359 e. The molecule has 0 saturated heterocycles. The summed E-state index contributed by atoms with van der Waals surface area (Å²) in [6, 6.07) is 17.9. The molecule has 31 heavy (non-hydrogen) atoms. The van der Waals surface area contributed by atoms with Gasteiger partial charge in [-0.25, -0.2) is 13.2 Å². The number of carbonyl (C=O) groups excluding carboxylic acids is 1. The number of para-hydroxylation sites is 1. The lowest BCUT2D eigenvalue weighted by Crippen LogP contribution is -2.24. The van der Waals surface area contributed by atoms with E-state index in [0.29, 0.717) is 5.69 Å². The molecule has 0 amide bonds. The van der Waals surface area contributed by atoms with Crippen LogP contribution in [0, 0.1) is 0 Å². The molecule has 2 heterocycles. The fourth-order valence-electron chi connectivity index (χ4n) is 2.96. The van der Waals surface area contributed by atoms with E-state index >= 15 is 0 Å². The first-order chi connectivity index (χ1) is 14.9. The highest BCUT2D eigenvalue weighted by molar-refractivity contribution is 7.93. The van der Waals surface area contributed by atoms with Crippen molar-refractivity contribution < 1.29 is 17.9 Å². The predicted molar refractivity (Wildman–Crippen MR) is 118 cm³/mol. The number of benzene rings is 2. The number of fused-ring (bicyclic) bond motifs is 1. The summed E-state index contributed by atoms with van der Waals surface area (Å²) in [7, 11) is -3.86. The number of nitrogens with zero attached hydrogens (tertiary/aromatic N) is 2. The summed E-state index contributed by atoms with van der Waals surface area (Å²) in [5.41, 5.74) is -0.0640. The number of rotatable bonds is 6. The van der Waals surface area contributed by atoms with E-state index in [1.54, 1.807) is 55.5 Å². The van der Waals surface area contributed by atoms with Crippen molar-refractivity contribution >= 4 is 42.4 Å². The Bertz CT molecular complexity index is 1410. The molecule has 8 nitrogen and oxygen atoms in total. The molecule has 4 rings (SSSR count). The third-order valence-corrected chi connectivity index (χ3v) is 6.88. The number of sulfonamides is 1. The second-order valence-corrected chi connectivity index (χ2v) is 9.13. The van der Waals surface area contributed by atoms with Crippen LogP contribution in [0.3, 0.4) is 0 Å². The lowest BCUT2D eigenvalue weighted by Gasteiger charge is -2.08. The smallest absolute Gasteiger partial charge is 0.359 e. The molecule has 158 valence electrons. The van der Waals surface area contributed by atoms with Crippen LogP contribution >= 0.6 is 11.3 Å². The standard InChI is InChI=1S/C21H17N3O5S2/c1-2-29-21(26)18-16-13-17(23-31(27,28)15-11-7-4-8-12-15)30-19(16)20(25)24(22-18)14-9-5-3-6-10-14/h3-13,23H,2H2,1H3. The van der Waals surface area contributed by atoms with Crippen LogP contribution in [0.4, 0.5) is 5.00 Å². The monoisotopic (exact) mass is 455 g/mol. The Kier molecular flexibility index (Phi) is 5.57. The van der Waals surface area contributed by atoms with Gasteiger partial charge in [0.15, 0.2) is 5.69 Å². The van der Waals surface area contributed by atoms with Crippen LogP contribution < -0.4 is 10.3 Å². The summed E-state index contributed by atoms with van der Waals surface area (Å²) in [5.74, 6) is -0.701. The third kappa shape index (κ3) is 4.07. The van der Waals surface area contributed by atoms with E-state index in [4.69, 9.17) is 4.74 Å². The maximum absolute atomic E-state index is 13.1. The average Bonchev–Trinajstić information content (AvgIpc) is 3.19. The van der Waals surface area contributed by atoms with Crippen LogP contribution in [0.5, 0.6) is 0 Å². The average molecular weight is 456 g/mol. The molecule has 0 unspecified atom stereocenters. The first kappa shape index (κ1) is 20.8. The molecule has 2 aromatic carbocycles. The van der Waals surface area contributed by atoms with Crippen LogP contribution in [0.1, 0.15) is 17.4 Å². The number of nitrogens with one attached hydrogen (secondary N) is 1. The summed E-state index contributed by atoms with van der Waals surface area (Å²) in [5, 5.41) is 4.63. The minimum atomic E-state index is -3.86. The summed E-state index contributed by atoms with van der Waals surface area (Å²) in [4.78, 5) is 25.7. The Balaban J connectivity index is 1.88. The van der Waals surface area contributed by atoms with Crippen LogP contribution in [0.15, 0.2) is 76.4 Å². The Hall–Kier alpha value is -3.50. The number of aromatic nitrogens is 2. The second kappa shape index (κ2) is 8.32. The van der Waals surface area contributed by atoms with E-state index in [1.807, 2.05) is 0 Å². The quantitative estimate of drug-likeness (QED) is 0.447. The van der Waals surface area contributed by atoms with Gasteiger partial charge >= 0.3 is 5.97 Å². The van der Waals surface area contributed by atoms with Gasteiger partial charge < -0.3 is 4.74 Å². The Labute approximate surface area is 181 Å². The van der Waals surface area contributed by atoms with Crippen LogP contribution in [0.2, 0.25) is 0 Å². The molecule has 1 N–H and O–H groups in total. The van der Waals surface area contributed by atoms with E-state index < -0.39 is 21.6 Å². The van der Waals surface area contributed by atoms with Crippen molar-refractivity contribution in [2.75, 3.05) is 11.3 Å². The Morgan fingerprint density at radius 3 is 2.39 bits per heavy atom. The summed E-state index contributed by atoms with van der Waals surface area (Å²) in [6.07, 6.45) is 0. The van der Waals surface area contributed by atoms with Crippen molar-refractivity contribution in [3.8, 4) is 5.69 Å². The second-order valence-electron chi connectivity index (χ2n) is 6.39. The molecular weight excluding hydrogens is 438 g/mol. The molecule has 0 fully saturated rings. The molecule has 10 heteroatoms. The Morgan fingerprint density at radius 2 is 1.74 bits per heavy atom. The molecule has 0 aliphatic rings. The molecule has 0 bridgehead atoms. The van der Waals surface area contributed by atoms with Gasteiger partial charge in [0.25, 0.3) is 15.6 Å². The molecule has 0 aliphatic heterocycles. The largest absolute Gasteiger partial charge is 0.461 e. The lowest BCUT2D eigenvalue weighted by molar-refractivity contribution is 0.0520. The molecule has 0 spiro atoms. The zero-order valence-electron chi connectivity index (χ0n) is 16.3. The SMILES string of the molecule is CCOC(=O)c1nn(-c2ccccc2)c(=O)c2sc(NS(=O)(=O)c3ccccc3)cc12. The van der Waals surface area contributed by atoms with Crippen LogP contribution in [-0.4, -0.2) is 30.8 Å². The highest BCUT2D eigenvalue weighted by Gasteiger charge is 2.23. The van der Waals surface area contributed by atoms with Gasteiger partial charge in [-0.05, 0) is 37.3 Å². The van der Waals surface area contributed by atoms with Crippen molar-refractivity contribution in [3.63, 3.8) is 0 Å². The van der Waals surface area contributed by atoms with Crippen LogP contribution in [-0.2, 0) is 14.8 Å². The van der Waals surface area contributed by atoms with Crippen molar-refractivity contribution in [1.82, 2.24) is 9.78 Å². The number of anilines is 1. The maximum atomic E-state index is 13.1. The third-order valence-electron chi connectivity index (χ3n) is 4.33. The molecule has 0 atom stereocenters. The van der Waals surface area contributed by atoms with E-state index in [0.717, 1.165) is 16.0 Å². The predicted octanol–water partition coefficient (Wildman–Crippen LogP) is 3.42. The number of hydrogen-bond donors (Lipinski definition) is 1. The number of esters is 1. The molecule has 0 radical (unpaired) electrons. The van der Waals surface area contributed by atoms with E-state index in [-0.39, 0.29) is 32.3 Å². The fraction of sp³-hybridized carbons (Fsp3) is 0.0952. The van der Waals surface area contributed by atoms with Gasteiger partial charge in [0.05, 0.1) is 17.2 Å². The van der Waals surface area contributed by atoms with Crippen molar-refractivity contribution in [2.24, 2.45) is 0 Å². The molecule has 0 saturated carbocycles. The van der Waals surface area contributed by atoms with Gasteiger partial charge in [0, 0.05) is 5.39 Å². The fourth-order valence-corrected chi connectivity index (χ4v) is 5.25. The molecule has 0 aliphatic carbocycles. The van der Waals surface area contributed by atoms with Crippen molar-refractivity contribution in [1.29, 1.82) is 0 Å². The van der Waals surface area contributed by atoms with Gasteiger partial charge in [-0.2, -0.15) is 9.78 Å². The highest BCUT2D eigenvalue weighted by Crippen LogP contribution is 2.31. The number of hydrogen-bond acceptors (Lipinski definition) is 7. The van der Waals surface area contributed by atoms with Crippen LogP contribution in [0.25, 0.3) is 15.8 Å². The first-order valence-electron chi connectivity index (χ1n) is 9.28. The first-order valence-corrected chi connectivity index (χ1v) is 11.6. The van der Waals surface area contributed by atoms with Gasteiger partial charge in [-0.1, -0.05) is 36.4 Å². The van der Waals surface area contributed by atoms with Crippen molar-refractivity contribution in [3.05, 3.63) is 82.8 Å². The lowest BCUT2D eigenvalue weighted by atomic mass is 10.2. The number of carbonyl (C=O) groups is 1. The summed E-state index contributed by atoms with van der Waals surface area (Å²) >= 11 is 0.933. The van der Waals surface area contributed by atoms with Gasteiger partial charge in [-0.15, -0.1) is 11.3 Å². The van der Waals surface area contributed by atoms with E-state index in [1.165, 1.54) is 18.2 Å². The topological polar surface area (TPSA) is 107 Å². The summed E-state index contributed by atoms with van der Waals surface area (Å²) in [6.45, 7) is 1.79. The van der Waals surface area contributed by atoms with Gasteiger partial charge in [-0.3, -0.25) is 9.52 Å².